The molecule has 3 aromatic rings. The van der Waals surface area contributed by atoms with E-state index in [9.17, 15) is 14.4 Å². The van der Waals surface area contributed by atoms with Crippen molar-refractivity contribution in [3.8, 4) is 35.3 Å². The van der Waals surface area contributed by atoms with Crippen LogP contribution in [0.5, 0.6) is 23.0 Å². The topological polar surface area (TPSA) is 124 Å². The molecule has 0 amide bonds. The van der Waals surface area contributed by atoms with Gasteiger partial charge in [0.15, 0.2) is 34.4 Å². The summed E-state index contributed by atoms with van der Waals surface area (Å²) in [6.07, 6.45) is 7.02. The van der Waals surface area contributed by atoms with Gasteiger partial charge in [0.25, 0.3) is 5.56 Å². The number of carbonyl (C=O) groups is 2. The SMILES string of the molecule is C#CCOc1ccc(/C=c2\sc3n(c2=O)[C@@H](c2ccc(OCC(=O)OC)c(OCC)c2)C(C(=O)OCC)=C(C)N=3)cc1OC. The van der Waals surface area contributed by atoms with E-state index in [0.29, 0.717) is 55.8 Å². The minimum Gasteiger partial charge on any atom is -0.493 e. The quantitative estimate of drug-likeness (QED) is 0.222. The van der Waals surface area contributed by atoms with Crippen LogP contribution in [0.2, 0.25) is 0 Å². The highest BCUT2D eigenvalue weighted by Crippen LogP contribution is 2.36. The van der Waals surface area contributed by atoms with E-state index >= 15 is 0 Å². The fraction of sp³-hybridized carbons (Fsp3) is 0.312. The Labute approximate surface area is 257 Å². The molecule has 44 heavy (non-hydrogen) atoms. The molecule has 1 aliphatic heterocycles. The zero-order valence-corrected chi connectivity index (χ0v) is 25.8. The number of nitrogens with zero attached hydrogens (tertiary/aromatic N) is 2. The Hall–Kier alpha value is -5.02. The molecular weight excluding hydrogens is 588 g/mol. The number of hydrogen-bond acceptors (Lipinski definition) is 11. The van der Waals surface area contributed by atoms with Crippen LogP contribution in [-0.4, -0.2) is 57.2 Å². The van der Waals surface area contributed by atoms with Gasteiger partial charge in [0.1, 0.15) is 6.61 Å². The fourth-order valence-corrected chi connectivity index (χ4v) is 5.60. The minimum atomic E-state index is -0.879. The van der Waals surface area contributed by atoms with Gasteiger partial charge in [-0.1, -0.05) is 29.4 Å². The molecule has 0 aliphatic carbocycles. The summed E-state index contributed by atoms with van der Waals surface area (Å²) in [5.74, 6) is 2.83. The van der Waals surface area contributed by atoms with Crippen molar-refractivity contribution in [3.05, 3.63) is 78.5 Å². The number of terminal acetylenes is 1. The van der Waals surface area contributed by atoms with Crippen LogP contribution in [0.15, 0.2) is 57.5 Å². The highest BCUT2D eigenvalue weighted by atomic mass is 32.1. The molecule has 0 bridgehead atoms. The predicted molar refractivity (Wildman–Crippen MR) is 163 cm³/mol. The number of rotatable bonds is 12. The maximum Gasteiger partial charge on any atom is 0.343 e. The van der Waals surface area contributed by atoms with Crippen molar-refractivity contribution in [2.75, 3.05) is 40.6 Å². The first-order chi connectivity index (χ1) is 21.3. The van der Waals surface area contributed by atoms with Crippen LogP contribution in [0, 0.1) is 12.3 Å². The summed E-state index contributed by atoms with van der Waals surface area (Å²) in [5, 5.41) is 0. The maximum absolute atomic E-state index is 14.0. The fourth-order valence-electron chi connectivity index (χ4n) is 4.55. The molecule has 0 fully saturated rings. The molecular formula is C32H32N2O9S. The Morgan fingerprint density at radius 3 is 2.45 bits per heavy atom. The van der Waals surface area contributed by atoms with Crippen molar-refractivity contribution in [1.29, 1.82) is 0 Å². The average molecular weight is 621 g/mol. The number of benzene rings is 2. The van der Waals surface area contributed by atoms with E-state index < -0.39 is 18.0 Å². The third kappa shape index (κ3) is 6.79. The lowest BCUT2D eigenvalue weighted by atomic mass is 9.95. The van der Waals surface area contributed by atoms with Crippen LogP contribution in [0.25, 0.3) is 6.08 Å². The number of hydrogen-bond donors (Lipinski definition) is 0. The first kappa shape index (κ1) is 31.9. The summed E-state index contributed by atoms with van der Waals surface area (Å²) >= 11 is 1.19. The molecule has 0 unspecified atom stereocenters. The van der Waals surface area contributed by atoms with Gasteiger partial charge >= 0.3 is 11.9 Å². The number of allylic oxidation sites excluding steroid dienone is 1. The van der Waals surface area contributed by atoms with Crippen LogP contribution in [0.1, 0.15) is 37.9 Å². The number of ether oxygens (including phenoxy) is 6. The number of aromatic nitrogens is 1. The van der Waals surface area contributed by atoms with E-state index in [1.165, 1.54) is 30.1 Å². The summed E-state index contributed by atoms with van der Waals surface area (Å²) < 4.78 is 34.3. The Kier molecular flexibility index (Phi) is 10.5. The number of methoxy groups -OCH3 is 2. The number of esters is 2. The van der Waals surface area contributed by atoms with Crippen LogP contribution >= 0.6 is 11.3 Å². The van der Waals surface area contributed by atoms with E-state index in [2.05, 4.69) is 15.6 Å². The van der Waals surface area contributed by atoms with Crippen LogP contribution < -0.4 is 33.8 Å². The maximum atomic E-state index is 14.0. The van der Waals surface area contributed by atoms with Gasteiger partial charge in [-0.3, -0.25) is 9.36 Å². The summed E-state index contributed by atoms with van der Waals surface area (Å²) in [6.45, 7) is 5.41. The van der Waals surface area contributed by atoms with E-state index in [4.69, 9.17) is 30.1 Å². The Balaban J connectivity index is 1.87. The van der Waals surface area contributed by atoms with Gasteiger partial charge in [-0.2, -0.15) is 0 Å². The molecule has 0 N–H and O–H groups in total. The number of carbonyl (C=O) groups excluding carboxylic acids is 2. The second kappa shape index (κ2) is 14.4. The van der Waals surface area contributed by atoms with Gasteiger partial charge in [0.05, 0.1) is 49.3 Å². The van der Waals surface area contributed by atoms with E-state index in [1.54, 1.807) is 63.2 Å². The standard InChI is InChI=1S/C32H32N2O9S/c1-7-14-42-22-12-10-20(15-24(22)38-5)16-26-30(36)34-29(28(31(37)41-9-3)19(4)33-32(34)44-26)21-11-13-23(25(17-21)40-8-2)43-18-27(35)39-6/h1,10-13,15-17,29H,8-9,14,18H2,2-6H3/b26-16-/t29-/m0/s1. The molecule has 12 heteroatoms. The van der Waals surface area contributed by atoms with Crippen molar-refractivity contribution in [2.24, 2.45) is 4.99 Å². The minimum absolute atomic E-state index is 0.0832. The van der Waals surface area contributed by atoms with Gasteiger partial charge in [0, 0.05) is 0 Å². The molecule has 0 saturated carbocycles. The molecule has 0 saturated heterocycles. The highest BCUT2D eigenvalue weighted by molar-refractivity contribution is 7.07. The lowest BCUT2D eigenvalue weighted by molar-refractivity contribution is -0.143. The van der Waals surface area contributed by atoms with E-state index in [-0.39, 0.29) is 31.0 Å². The van der Waals surface area contributed by atoms with E-state index in [0.717, 1.165) is 0 Å². The second-order valence-corrected chi connectivity index (χ2v) is 10.2. The van der Waals surface area contributed by atoms with Crippen molar-refractivity contribution in [1.82, 2.24) is 4.57 Å². The normalized spacial score (nSPS) is 14.2. The van der Waals surface area contributed by atoms with Gasteiger partial charge < -0.3 is 28.4 Å². The molecule has 2 aromatic carbocycles. The van der Waals surface area contributed by atoms with Crippen molar-refractivity contribution in [2.45, 2.75) is 26.8 Å². The lowest BCUT2D eigenvalue weighted by Gasteiger charge is -2.25. The van der Waals surface area contributed by atoms with Crippen LogP contribution in [0.3, 0.4) is 0 Å². The largest absolute Gasteiger partial charge is 0.493 e. The lowest BCUT2D eigenvalue weighted by Crippen LogP contribution is -2.40. The molecule has 1 aromatic heterocycles. The Morgan fingerprint density at radius 1 is 1.02 bits per heavy atom. The smallest absolute Gasteiger partial charge is 0.343 e. The summed E-state index contributed by atoms with van der Waals surface area (Å²) in [5.41, 5.74) is 1.52. The highest BCUT2D eigenvalue weighted by Gasteiger charge is 2.34. The van der Waals surface area contributed by atoms with Gasteiger partial charge in [-0.25, -0.2) is 14.6 Å². The Morgan fingerprint density at radius 2 is 1.77 bits per heavy atom. The molecule has 11 nitrogen and oxygen atoms in total. The number of thiazole rings is 1. The zero-order valence-electron chi connectivity index (χ0n) is 25.0. The zero-order chi connectivity index (χ0) is 31.8. The van der Waals surface area contributed by atoms with Gasteiger partial charge in [-0.05, 0) is 62.2 Å². The first-order valence-electron chi connectivity index (χ1n) is 13.7. The van der Waals surface area contributed by atoms with Crippen LogP contribution in [-0.2, 0) is 19.1 Å². The monoisotopic (exact) mass is 620 g/mol. The van der Waals surface area contributed by atoms with E-state index in [1.807, 2.05) is 0 Å². The van der Waals surface area contributed by atoms with Crippen molar-refractivity contribution < 1.29 is 38.0 Å². The first-order valence-corrected chi connectivity index (χ1v) is 14.5. The summed E-state index contributed by atoms with van der Waals surface area (Å²) in [6, 6.07) is 9.34. The summed E-state index contributed by atoms with van der Waals surface area (Å²) in [4.78, 5) is 44.0. The molecule has 0 radical (unpaired) electrons. The van der Waals surface area contributed by atoms with Gasteiger partial charge in [-0.15, -0.1) is 6.42 Å². The molecule has 0 spiro atoms. The molecule has 4 rings (SSSR count). The predicted octanol–water partition coefficient (Wildman–Crippen LogP) is 2.77. The van der Waals surface area contributed by atoms with Crippen LogP contribution in [0.4, 0.5) is 0 Å². The third-order valence-corrected chi connectivity index (χ3v) is 7.45. The summed E-state index contributed by atoms with van der Waals surface area (Å²) in [7, 11) is 2.78. The van der Waals surface area contributed by atoms with Crippen molar-refractivity contribution in [3.63, 3.8) is 0 Å². The molecule has 1 aliphatic rings. The second-order valence-electron chi connectivity index (χ2n) is 9.21. The third-order valence-electron chi connectivity index (χ3n) is 6.47. The average Bonchev–Trinajstić information content (AvgIpc) is 3.32. The van der Waals surface area contributed by atoms with Crippen molar-refractivity contribution >= 4 is 29.4 Å². The molecule has 2 heterocycles. The van der Waals surface area contributed by atoms with Gasteiger partial charge in [0.2, 0.25) is 0 Å². The Bertz CT molecular complexity index is 1810. The molecule has 230 valence electrons. The molecule has 1 atom stereocenters. The number of fused-ring (bicyclic) bond motifs is 1.